The molecule has 2 heterocycles. The van der Waals surface area contributed by atoms with Crippen molar-refractivity contribution in [2.75, 3.05) is 19.6 Å². The molecule has 2 aliphatic rings. The molecule has 3 amide bonds. The van der Waals surface area contributed by atoms with E-state index in [1.807, 2.05) is 25.1 Å². The van der Waals surface area contributed by atoms with Crippen molar-refractivity contribution in [3.05, 3.63) is 35.9 Å². The first-order valence-electron chi connectivity index (χ1n) is 7.57. The van der Waals surface area contributed by atoms with Crippen LogP contribution in [0.15, 0.2) is 30.3 Å². The molecule has 0 bridgehead atoms. The summed E-state index contributed by atoms with van der Waals surface area (Å²) in [5, 5.41) is 2.75. The number of fused-ring (bicyclic) bond motifs is 1. The molecule has 1 aromatic rings. The van der Waals surface area contributed by atoms with E-state index in [0.29, 0.717) is 25.1 Å². The van der Waals surface area contributed by atoms with Crippen LogP contribution >= 0.6 is 0 Å². The molecule has 22 heavy (non-hydrogen) atoms. The Morgan fingerprint density at radius 3 is 2.64 bits per heavy atom. The van der Waals surface area contributed by atoms with Crippen LogP contribution in [0.5, 0.6) is 0 Å². The second-order valence-electron chi connectivity index (χ2n) is 5.63. The standard InChI is InChI=1S/C16H19N3O3/c1-2-12-16(22)19-9-8-18(10-13(19)14(20)17-12)15(21)11-6-4-3-5-7-11/h3-7,12-13H,2,8-10H2,1H3,(H,17,20)/t12-,13+/m0/s1. The number of carbonyl (C=O) groups excluding carboxylic acids is 3. The summed E-state index contributed by atoms with van der Waals surface area (Å²) in [7, 11) is 0. The summed E-state index contributed by atoms with van der Waals surface area (Å²) in [6.07, 6.45) is 0.584. The maximum absolute atomic E-state index is 12.5. The van der Waals surface area contributed by atoms with Crippen molar-refractivity contribution in [2.24, 2.45) is 0 Å². The van der Waals surface area contributed by atoms with Crippen LogP contribution in [0.1, 0.15) is 23.7 Å². The highest BCUT2D eigenvalue weighted by Crippen LogP contribution is 2.19. The fourth-order valence-electron chi connectivity index (χ4n) is 3.03. The third-order valence-corrected chi connectivity index (χ3v) is 4.30. The molecule has 0 aliphatic carbocycles. The second kappa shape index (κ2) is 5.79. The maximum Gasteiger partial charge on any atom is 0.253 e. The molecule has 2 saturated heterocycles. The summed E-state index contributed by atoms with van der Waals surface area (Å²) >= 11 is 0. The average molecular weight is 301 g/mol. The number of nitrogens with one attached hydrogen (secondary N) is 1. The second-order valence-corrected chi connectivity index (χ2v) is 5.63. The van der Waals surface area contributed by atoms with Crippen LogP contribution in [0.25, 0.3) is 0 Å². The van der Waals surface area contributed by atoms with E-state index >= 15 is 0 Å². The van der Waals surface area contributed by atoms with Gasteiger partial charge in [-0.3, -0.25) is 14.4 Å². The average Bonchev–Trinajstić information content (AvgIpc) is 2.57. The van der Waals surface area contributed by atoms with E-state index in [1.165, 1.54) is 0 Å². The number of piperazine rings is 2. The van der Waals surface area contributed by atoms with Gasteiger partial charge in [-0.1, -0.05) is 25.1 Å². The summed E-state index contributed by atoms with van der Waals surface area (Å²) in [4.78, 5) is 40.2. The van der Waals surface area contributed by atoms with Crippen molar-refractivity contribution in [3.8, 4) is 0 Å². The van der Waals surface area contributed by atoms with Gasteiger partial charge in [0.25, 0.3) is 5.91 Å². The molecule has 2 fully saturated rings. The number of amides is 3. The smallest absolute Gasteiger partial charge is 0.253 e. The summed E-state index contributed by atoms with van der Waals surface area (Å²) in [6, 6.07) is 7.99. The molecule has 0 unspecified atom stereocenters. The molecular weight excluding hydrogens is 282 g/mol. The van der Waals surface area contributed by atoms with Crippen molar-refractivity contribution in [1.82, 2.24) is 15.1 Å². The maximum atomic E-state index is 12.5. The van der Waals surface area contributed by atoms with E-state index in [1.54, 1.807) is 21.9 Å². The molecule has 0 spiro atoms. The Kier molecular flexibility index (Phi) is 3.83. The van der Waals surface area contributed by atoms with Gasteiger partial charge in [-0.25, -0.2) is 0 Å². The molecule has 0 radical (unpaired) electrons. The normalized spacial score (nSPS) is 24.8. The minimum absolute atomic E-state index is 0.0427. The van der Waals surface area contributed by atoms with Crippen LogP contribution in [0.3, 0.4) is 0 Å². The van der Waals surface area contributed by atoms with Gasteiger partial charge in [0.15, 0.2) is 0 Å². The highest BCUT2D eigenvalue weighted by molar-refractivity contribution is 5.99. The predicted octanol–water partition coefficient (Wildman–Crippen LogP) is 0.248. The van der Waals surface area contributed by atoms with Gasteiger partial charge in [-0.05, 0) is 18.6 Å². The number of carbonyl (C=O) groups is 3. The number of hydrogen-bond donors (Lipinski definition) is 1. The van der Waals surface area contributed by atoms with Gasteiger partial charge in [0.05, 0.1) is 6.54 Å². The van der Waals surface area contributed by atoms with E-state index in [4.69, 9.17) is 0 Å². The number of rotatable bonds is 2. The summed E-state index contributed by atoms with van der Waals surface area (Å²) in [5.41, 5.74) is 0.602. The molecule has 1 aromatic carbocycles. The van der Waals surface area contributed by atoms with Crippen LogP contribution in [0.4, 0.5) is 0 Å². The lowest BCUT2D eigenvalue weighted by molar-refractivity contribution is -0.152. The van der Waals surface area contributed by atoms with Crippen LogP contribution < -0.4 is 5.32 Å². The minimum atomic E-state index is -0.572. The highest BCUT2D eigenvalue weighted by Gasteiger charge is 2.43. The lowest BCUT2D eigenvalue weighted by Gasteiger charge is -2.45. The monoisotopic (exact) mass is 301 g/mol. The Morgan fingerprint density at radius 2 is 1.95 bits per heavy atom. The molecular formula is C16H19N3O3. The Balaban J connectivity index is 1.75. The molecule has 6 nitrogen and oxygen atoms in total. The largest absolute Gasteiger partial charge is 0.342 e. The fourth-order valence-corrected chi connectivity index (χ4v) is 3.03. The molecule has 0 saturated carbocycles. The third-order valence-electron chi connectivity index (χ3n) is 4.30. The van der Waals surface area contributed by atoms with Crippen molar-refractivity contribution in [3.63, 3.8) is 0 Å². The van der Waals surface area contributed by atoms with Crippen molar-refractivity contribution >= 4 is 17.7 Å². The van der Waals surface area contributed by atoms with Crippen LogP contribution in [-0.4, -0.2) is 59.2 Å². The van der Waals surface area contributed by atoms with Gasteiger partial charge in [-0.15, -0.1) is 0 Å². The van der Waals surface area contributed by atoms with Crippen molar-refractivity contribution in [2.45, 2.75) is 25.4 Å². The SMILES string of the molecule is CC[C@@H]1NC(=O)[C@H]2CN(C(=O)c3ccccc3)CCN2C1=O. The van der Waals surface area contributed by atoms with E-state index in [9.17, 15) is 14.4 Å². The first kappa shape index (κ1) is 14.6. The van der Waals surface area contributed by atoms with Crippen LogP contribution in [0, 0.1) is 0 Å². The molecule has 3 rings (SSSR count). The number of hydrogen-bond acceptors (Lipinski definition) is 3. The summed E-state index contributed by atoms with van der Waals surface area (Å²) in [5.74, 6) is -0.311. The molecule has 0 aromatic heterocycles. The van der Waals surface area contributed by atoms with Crippen LogP contribution in [-0.2, 0) is 9.59 Å². The van der Waals surface area contributed by atoms with Gasteiger partial charge in [0, 0.05) is 18.7 Å². The Bertz CT molecular complexity index is 602. The van der Waals surface area contributed by atoms with E-state index < -0.39 is 12.1 Å². The van der Waals surface area contributed by atoms with Gasteiger partial charge in [0.2, 0.25) is 11.8 Å². The highest BCUT2D eigenvalue weighted by atomic mass is 16.2. The van der Waals surface area contributed by atoms with E-state index in [0.717, 1.165) is 0 Å². The summed E-state index contributed by atoms with van der Waals surface area (Å²) < 4.78 is 0. The zero-order valence-corrected chi connectivity index (χ0v) is 12.5. The minimum Gasteiger partial charge on any atom is -0.342 e. The van der Waals surface area contributed by atoms with Crippen LogP contribution in [0.2, 0.25) is 0 Å². The predicted molar refractivity (Wildman–Crippen MR) is 80.1 cm³/mol. The van der Waals surface area contributed by atoms with Gasteiger partial charge in [-0.2, -0.15) is 0 Å². The lowest BCUT2D eigenvalue weighted by Crippen LogP contribution is -2.69. The summed E-state index contributed by atoms with van der Waals surface area (Å²) in [6.45, 7) is 2.99. The molecule has 2 aliphatic heterocycles. The zero-order valence-electron chi connectivity index (χ0n) is 12.5. The quantitative estimate of drug-likeness (QED) is 0.851. The van der Waals surface area contributed by atoms with Crippen molar-refractivity contribution < 1.29 is 14.4 Å². The molecule has 1 N–H and O–H groups in total. The molecule has 2 atom stereocenters. The lowest BCUT2D eigenvalue weighted by atomic mass is 10.0. The van der Waals surface area contributed by atoms with Gasteiger partial charge >= 0.3 is 0 Å². The van der Waals surface area contributed by atoms with Crippen molar-refractivity contribution in [1.29, 1.82) is 0 Å². The number of benzene rings is 1. The first-order chi connectivity index (χ1) is 10.6. The van der Waals surface area contributed by atoms with E-state index in [-0.39, 0.29) is 24.3 Å². The van der Waals surface area contributed by atoms with Gasteiger partial charge < -0.3 is 15.1 Å². The number of nitrogens with zero attached hydrogens (tertiary/aromatic N) is 2. The molecule has 6 heteroatoms. The third kappa shape index (κ3) is 2.45. The first-order valence-corrected chi connectivity index (χ1v) is 7.57. The Morgan fingerprint density at radius 1 is 1.23 bits per heavy atom. The topological polar surface area (TPSA) is 69.7 Å². The Hall–Kier alpha value is -2.37. The fraction of sp³-hybridized carbons (Fsp3) is 0.438. The Labute approximate surface area is 129 Å². The molecule has 116 valence electrons. The van der Waals surface area contributed by atoms with Gasteiger partial charge in [0.1, 0.15) is 12.1 Å². The zero-order chi connectivity index (χ0) is 15.7. The van der Waals surface area contributed by atoms with E-state index in [2.05, 4.69) is 5.32 Å².